The van der Waals surface area contributed by atoms with Gasteiger partial charge >= 0.3 is 0 Å². The fourth-order valence-electron chi connectivity index (χ4n) is 3.05. The summed E-state index contributed by atoms with van der Waals surface area (Å²) in [6.45, 7) is 3.57. The molecule has 2 unspecified atom stereocenters. The summed E-state index contributed by atoms with van der Waals surface area (Å²) < 4.78 is 5.52. The van der Waals surface area contributed by atoms with Crippen molar-refractivity contribution in [3.8, 4) is 0 Å². The minimum Gasteiger partial charge on any atom is -0.377 e. The van der Waals surface area contributed by atoms with Crippen LogP contribution in [0.25, 0.3) is 0 Å². The molecular weight excluding hydrogens is 214 g/mol. The largest absolute Gasteiger partial charge is 0.377 e. The minimum atomic E-state index is 0.254. The van der Waals surface area contributed by atoms with Crippen LogP contribution < -0.4 is 0 Å². The van der Waals surface area contributed by atoms with Crippen LogP contribution in [0.15, 0.2) is 23.3 Å². The number of allylic oxidation sites excluding steroid dienone is 3. The lowest BCUT2D eigenvalue weighted by molar-refractivity contribution is -0.136. The highest BCUT2D eigenvalue weighted by atomic mass is 16.5. The number of fused-ring (bicyclic) bond motifs is 2. The van der Waals surface area contributed by atoms with Gasteiger partial charge in [0.05, 0.1) is 25.3 Å². The van der Waals surface area contributed by atoms with Crippen molar-refractivity contribution in [1.29, 1.82) is 0 Å². The van der Waals surface area contributed by atoms with Gasteiger partial charge in [0.15, 0.2) is 0 Å². The van der Waals surface area contributed by atoms with Gasteiger partial charge in [-0.25, -0.2) is 0 Å². The van der Waals surface area contributed by atoms with Crippen molar-refractivity contribution < 1.29 is 9.53 Å². The number of carbonyl (C=O) groups is 1. The zero-order chi connectivity index (χ0) is 11.8. The van der Waals surface area contributed by atoms with E-state index in [1.165, 1.54) is 5.57 Å². The molecule has 3 rings (SSSR count). The third-order valence-corrected chi connectivity index (χ3v) is 4.11. The van der Waals surface area contributed by atoms with Gasteiger partial charge in [-0.3, -0.25) is 4.79 Å². The Kier molecular flexibility index (Phi) is 2.79. The lowest BCUT2D eigenvalue weighted by Gasteiger charge is -2.35. The maximum absolute atomic E-state index is 12.5. The van der Waals surface area contributed by atoms with E-state index in [2.05, 4.69) is 17.9 Å². The first-order valence-electron chi connectivity index (χ1n) is 6.52. The van der Waals surface area contributed by atoms with Crippen molar-refractivity contribution in [2.75, 3.05) is 13.2 Å². The van der Waals surface area contributed by atoms with Gasteiger partial charge in [0.2, 0.25) is 5.91 Å². The van der Waals surface area contributed by atoms with Crippen molar-refractivity contribution in [3.05, 3.63) is 23.3 Å². The zero-order valence-corrected chi connectivity index (χ0v) is 10.3. The van der Waals surface area contributed by atoms with Crippen LogP contribution in [0.1, 0.15) is 32.6 Å². The van der Waals surface area contributed by atoms with E-state index in [4.69, 9.17) is 4.74 Å². The van der Waals surface area contributed by atoms with Crippen molar-refractivity contribution in [2.45, 2.75) is 44.7 Å². The molecule has 3 heteroatoms. The Morgan fingerprint density at radius 2 is 1.94 bits per heavy atom. The van der Waals surface area contributed by atoms with E-state index in [1.54, 1.807) is 0 Å². The molecule has 2 saturated heterocycles. The van der Waals surface area contributed by atoms with E-state index in [9.17, 15) is 4.79 Å². The maximum atomic E-state index is 12.5. The summed E-state index contributed by atoms with van der Waals surface area (Å²) in [5.74, 6) is 0.254. The number of hydrogen-bond donors (Lipinski definition) is 0. The lowest BCUT2D eigenvalue weighted by atomic mass is 9.98. The Morgan fingerprint density at radius 3 is 2.53 bits per heavy atom. The molecule has 2 fully saturated rings. The van der Waals surface area contributed by atoms with Gasteiger partial charge in [0, 0.05) is 5.57 Å². The van der Waals surface area contributed by atoms with Crippen molar-refractivity contribution in [3.63, 3.8) is 0 Å². The van der Waals surface area contributed by atoms with Crippen LogP contribution in [0.2, 0.25) is 0 Å². The molecule has 0 aromatic rings. The smallest absolute Gasteiger partial charge is 0.250 e. The van der Waals surface area contributed by atoms with Gasteiger partial charge in [0.25, 0.3) is 0 Å². The molecule has 17 heavy (non-hydrogen) atoms. The van der Waals surface area contributed by atoms with Gasteiger partial charge < -0.3 is 9.64 Å². The first-order valence-corrected chi connectivity index (χ1v) is 6.52. The van der Waals surface area contributed by atoms with Gasteiger partial charge in [-0.2, -0.15) is 0 Å². The topological polar surface area (TPSA) is 29.5 Å². The average molecular weight is 233 g/mol. The van der Waals surface area contributed by atoms with Crippen LogP contribution in [0.4, 0.5) is 0 Å². The number of nitrogens with zero attached hydrogens (tertiary/aromatic N) is 1. The first kappa shape index (κ1) is 11.0. The normalized spacial score (nSPS) is 32.2. The molecule has 3 aliphatic rings. The third kappa shape index (κ3) is 1.93. The van der Waals surface area contributed by atoms with Gasteiger partial charge in [-0.15, -0.1) is 0 Å². The van der Waals surface area contributed by atoms with Crippen LogP contribution in [-0.2, 0) is 9.53 Å². The van der Waals surface area contributed by atoms with Crippen molar-refractivity contribution in [2.24, 2.45) is 0 Å². The monoisotopic (exact) mass is 233 g/mol. The van der Waals surface area contributed by atoms with E-state index in [0.29, 0.717) is 12.1 Å². The summed E-state index contributed by atoms with van der Waals surface area (Å²) in [5, 5.41) is 0. The molecule has 2 bridgehead atoms. The van der Waals surface area contributed by atoms with Crippen molar-refractivity contribution in [1.82, 2.24) is 4.90 Å². The Bertz CT molecular complexity index is 381. The Morgan fingerprint density at radius 1 is 1.24 bits per heavy atom. The molecule has 0 spiro atoms. The molecule has 2 atom stereocenters. The second-order valence-electron chi connectivity index (χ2n) is 5.34. The number of rotatable bonds is 1. The first-order chi connectivity index (χ1) is 8.25. The number of carbonyl (C=O) groups excluding carboxylic acids is 1. The van der Waals surface area contributed by atoms with Crippen molar-refractivity contribution >= 4 is 5.91 Å². The minimum absolute atomic E-state index is 0.254. The number of amides is 1. The number of morpholine rings is 1. The molecule has 0 N–H and O–H groups in total. The molecule has 92 valence electrons. The summed E-state index contributed by atoms with van der Waals surface area (Å²) in [6.07, 6.45) is 8.24. The summed E-state index contributed by atoms with van der Waals surface area (Å²) in [5.41, 5.74) is 2.35. The summed E-state index contributed by atoms with van der Waals surface area (Å²) in [6, 6.07) is 0.656. The number of hydrogen-bond acceptors (Lipinski definition) is 2. The average Bonchev–Trinajstić information content (AvgIpc) is 2.59. The molecule has 0 radical (unpaired) electrons. The molecule has 1 aliphatic carbocycles. The summed E-state index contributed by atoms with van der Waals surface area (Å²) in [7, 11) is 0. The van der Waals surface area contributed by atoms with E-state index < -0.39 is 0 Å². The molecule has 1 amide bonds. The van der Waals surface area contributed by atoms with Gasteiger partial charge in [-0.05, 0) is 32.6 Å². The van der Waals surface area contributed by atoms with Crippen LogP contribution in [0, 0.1) is 0 Å². The second-order valence-corrected chi connectivity index (χ2v) is 5.34. The fourth-order valence-corrected chi connectivity index (χ4v) is 3.05. The van der Waals surface area contributed by atoms with Crippen LogP contribution in [0.5, 0.6) is 0 Å². The van der Waals surface area contributed by atoms with Crippen LogP contribution in [-0.4, -0.2) is 36.1 Å². The standard InChI is InChI=1S/C14H19NO2/c1-10-2-4-11(5-3-10)14(16)15-12-6-7-13(15)9-17-8-12/h2,4,12-13H,3,5-9H2,1H3. The highest BCUT2D eigenvalue weighted by Crippen LogP contribution is 2.31. The number of ether oxygens (including phenoxy) is 1. The predicted octanol–water partition coefficient (Wildman–Crippen LogP) is 2.04. The van der Waals surface area contributed by atoms with E-state index in [-0.39, 0.29) is 5.91 Å². The molecule has 2 heterocycles. The summed E-state index contributed by atoms with van der Waals surface area (Å²) >= 11 is 0. The molecule has 2 aliphatic heterocycles. The lowest BCUT2D eigenvalue weighted by Crippen LogP contribution is -2.49. The SMILES string of the molecule is CC1=CC=C(C(=O)N2C3CCC2COC3)CC1. The zero-order valence-electron chi connectivity index (χ0n) is 10.3. The van der Waals surface area contributed by atoms with E-state index >= 15 is 0 Å². The highest BCUT2D eigenvalue weighted by molar-refractivity contribution is 5.94. The van der Waals surface area contributed by atoms with Gasteiger partial charge in [-0.1, -0.05) is 17.7 Å². The Hall–Kier alpha value is -1.09. The maximum Gasteiger partial charge on any atom is 0.250 e. The molecule has 0 saturated carbocycles. The summed E-state index contributed by atoms with van der Waals surface area (Å²) in [4.78, 5) is 14.6. The fraction of sp³-hybridized carbons (Fsp3) is 0.643. The molecule has 0 aromatic heterocycles. The van der Waals surface area contributed by atoms with Gasteiger partial charge in [0.1, 0.15) is 0 Å². The molecule has 0 aromatic carbocycles. The predicted molar refractivity (Wildman–Crippen MR) is 65.5 cm³/mol. The van der Waals surface area contributed by atoms with Crippen LogP contribution in [0.3, 0.4) is 0 Å². The quantitative estimate of drug-likeness (QED) is 0.693. The second kappa shape index (κ2) is 4.30. The Labute approximate surface area is 102 Å². The third-order valence-electron chi connectivity index (χ3n) is 4.11. The Balaban J connectivity index is 1.79. The molecular formula is C14H19NO2. The molecule has 3 nitrogen and oxygen atoms in total. The van der Waals surface area contributed by atoms with Crippen LogP contribution >= 0.6 is 0 Å². The van der Waals surface area contributed by atoms with E-state index in [1.807, 2.05) is 6.08 Å². The van der Waals surface area contributed by atoms with E-state index in [0.717, 1.165) is 44.5 Å². The highest BCUT2D eigenvalue weighted by Gasteiger charge is 2.40.